The molecule has 0 spiro atoms. The lowest BCUT2D eigenvalue weighted by Crippen LogP contribution is -2.30. The Bertz CT molecular complexity index is 1100. The highest BCUT2D eigenvalue weighted by Gasteiger charge is 2.31. The van der Waals surface area contributed by atoms with E-state index in [9.17, 15) is 18.7 Å². The number of hydrogen-bond acceptors (Lipinski definition) is 4. The molecule has 0 bridgehead atoms. The van der Waals surface area contributed by atoms with Gasteiger partial charge in [0.1, 0.15) is 17.2 Å². The smallest absolute Gasteiger partial charge is 0.255 e. The first kappa shape index (κ1) is 20.2. The van der Waals surface area contributed by atoms with Gasteiger partial charge in [-0.3, -0.25) is 4.79 Å². The fourth-order valence-corrected chi connectivity index (χ4v) is 3.90. The van der Waals surface area contributed by atoms with E-state index in [2.05, 4.69) is 10.4 Å². The zero-order valence-electron chi connectivity index (χ0n) is 16.3. The Labute approximate surface area is 170 Å². The molecule has 30 heavy (non-hydrogen) atoms. The third-order valence-electron chi connectivity index (χ3n) is 5.28. The van der Waals surface area contributed by atoms with Gasteiger partial charge in [-0.1, -0.05) is 0 Å². The summed E-state index contributed by atoms with van der Waals surface area (Å²) < 4.78 is 44.9. The Kier molecular flexibility index (Phi) is 5.38. The zero-order valence-corrected chi connectivity index (χ0v) is 16.3. The van der Waals surface area contributed by atoms with Gasteiger partial charge in [-0.05, 0) is 44.0 Å². The number of pyridine rings is 1. The van der Waals surface area contributed by atoms with Crippen LogP contribution in [0.1, 0.15) is 41.7 Å². The molecule has 1 amide bonds. The van der Waals surface area contributed by atoms with Crippen LogP contribution in [0.25, 0.3) is 5.52 Å². The normalized spacial score (nSPS) is 17.5. The van der Waals surface area contributed by atoms with Gasteiger partial charge in [0.2, 0.25) is 0 Å². The van der Waals surface area contributed by atoms with Gasteiger partial charge in [-0.2, -0.15) is 5.10 Å². The number of carbonyl (C=O) groups excluding carboxylic acids is 1. The van der Waals surface area contributed by atoms with Crippen LogP contribution in [0.5, 0.6) is 0 Å². The van der Waals surface area contributed by atoms with Gasteiger partial charge in [0, 0.05) is 24.8 Å². The van der Waals surface area contributed by atoms with Crippen molar-refractivity contribution >= 4 is 17.1 Å². The number of halogens is 3. The maximum atomic E-state index is 15.5. The molecule has 158 valence electrons. The molecule has 2 N–H and O–H groups in total. The van der Waals surface area contributed by atoms with Gasteiger partial charge < -0.3 is 15.3 Å². The van der Waals surface area contributed by atoms with Crippen molar-refractivity contribution in [1.29, 1.82) is 0 Å². The number of aromatic nitrogens is 2. The molecule has 1 aliphatic rings. The summed E-state index contributed by atoms with van der Waals surface area (Å²) in [5.41, 5.74) is 0.387. The van der Waals surface area contributed by atoms with Crippen molar-refractivity contribution in [1.82, 2.24) is 14.9 Å². The number of rotatable bonds is 5. The summed E-state index contributed by atoms with van der Waals surface area (Å²) in [6.45, 7) is 2.00. The average Bonchev–Trinajstić information content (AvgIpc) is 3.36. The van der Waals surface area contributed by atoms with Gasteiger partial charge in [-0.15, -0.1) is 0 Å². The molecule has 1 saturated heterocycles. The van der Waals surface area contributed by atoms with Gasteiger partial charge in [0.15, 0.2) is 5.82 Å². The number of benzene rings is 1. The molecule has 0 unspecified atom stereocenters. The van der Waals surface area contributed by atoms with Crippen LogP contribution in [0.4, 0.5) is 18.9 Å². The lowest BCUT2D eigenvalue weighted by atomic mass is 10.0. The average molecular weight is 418 g/mol. The fourth-order valence-electron chi connectivity index (χ4n) is 3.90. The van der Waals surface area contributed by atoms with Crippen molar-refractivity contribution in [2.45, 2.75) is 31.9 Å². The summed E-state index contributed by atoms with van der Waals surface area (Å²) in [6, 6.07) is 4.26. The predicted octanol–water partition coefficient (Wildman–Crippen LogP) is 3.20. The monoisotopic (exact) mass is 418 g/mol. The lowest BCUT2D eigenvalue weighted by molar-refractivity contribution is 0.0925. The third-order valence-corrected chi connectivity index (χ3v) is 5.28. The Morgan fingerprint density at radius 3 is 2.90 bits per heavy atom. The van der Waals surface area contributed by atoms with Crippen LogP contribution >= 0.6 is 0 Å². The molecule has 3 heterocycles. The van der Waals surface area contributed by atoms with E-state index in [0.29, 0.717) is 19.4 Å². The van der Waals surface area contributed by atoms with Crippen molar-refractivity contribution in [2.75, 3.05) is 18.0 Å². The van der Waals surface area contributed by atoms with Crippen LogP contribution in [0, 0.1) is 17.5 Å². The Morgan fingerprint density at radius 2 is 2.13 bits per heavy atom. The summed E-state index contributed by atoms with van der Waals surface area (Å²) >= 11 is 0. The quantitative estimate of drug-likeness (QED) is 0.668. The topological polar surface area (TPSA) is 69.9 Å². The molecule has 1 aliphatic heterocycles. The van der Waals surface area contributed by atoms with Crippen molar-refractivity contribution < 1.29 is 23.1 Å². The van der Waals surface area contributed by atoms with E-state index in [1.807, 2.05) is 0 Å². The number of nitrogens with zero attached hydrogens (tertiary/aromatic N) is 3. The maximum absolute atomic E-state index is 15.5. The van der Waals surface area contributed by atoms with E-state index in [4.69, 9.17) is 0 Å². The van der Waals surface area contributed by atoms with Gasteiger partial charge in [0.25, 0.3) is 5.91 Å². The SMILES string of the molecule is C[C@H](O)CNC(=O)c1cnn2ccc(N3CCC[C@@H]3c3cc(F)ccc3F)c(F)c12. The highest BCUT2D eigenvalue weighted by molar-refractivity contribution is 6.01. The Balaban J connectivity index is 1.74. The van der Waals surface area contributed by atoms with Crippen LogP contribution in [0.2, 0.25) is 0 Å². The van der Waals surface area contributed by atoms with E-state index in [0.717, 1.165) is 18.2 Å². The number of hydrogen-bond donors (Lipinski definition) is 2. The summed E-state index contributed by atoms with van der Waals surface area (Å²) in [7, 11) is 0. The number of aliphatic hydroxyl groups excluding tert-OH is 1. The largest absolute Gasteiger partial charge is 0.392 e. The van der Waals surface area contributed by atoms with E-state index < -0.39 is 35.5 Å². The first-order valence-electron chi connectivity index (χ1n) is 9.70. The first-order chi connectivity index (χ1) is 14.4. The maximum Gasteiger partial charge on any atom is 0.255 e. The Hall–Kier alpha value is -3.07. The lowest BCUT2D eigenvalue weighted by Gasteiger charge is -2.28. The molecule has 0 radical (unpaired) electrons. The number of carbonyl (C=O) groups is 1. The van der Waals surface area contributed by atoms with Crippen LogP contribution in [0.15, 0.2) is 36.7 Å². The molecule has 0 saturated carbocycles. The van der Waals surface area contributed by atoms with Gasteiger partial charge in [-0.25, -0.2) is 17.7 Å². The fraction of sp³-hybridized carbons (Fsp3) is 0.333. The van der Waals surface area contributed by atoms with Crippen molar-refractivity contribution in [3.63, 3.8) is 0 Å². The molecule has 0 aliphatic carbocycles. The predicted molar refractivity (Wildman–Crippen MR) is 105 cm³/mol. The second kappa shape index (κ2) is 7.98. The Morgan fingerprint density at radius 1 is 1.33 bits per heavy atom. The van der Waals surface area contributed by atoms with Crippen molar-refractivity contribution in [3.8, 4) is 0 Å². The van der Waals surface area contributed by atoms with Crippen molar-refractivity contribution in [3.05, 3.63) is 65.2 Å². The van der Waals surface area contributed by atoms with Crippen LogP contribution in [0.3, 0.4) is 0 Å². The third kappa shape index (κ3) is 3.60. The highest BCUT2D eigenvalue weighted by atomic mass is 19.1. The standard InChI is InChI=1S/C21H21F3N4O2/c1-12(29)10-25-21(30)15-11-26-28-8-6-18(19(24)20(15)28)27-7-2-3-17(27)14-9-13(22)4-5-16(14)23/h4-6,8-9,11-12,17,29H,2-3,7,10H2,1H3,(H,25,30)/t12-,17+/m0/s1. The number of anilines is 1. The molecule has 1 fully saturated rings. The summed E-state index contributed by atoms with van der Waals surface area (Å²) in [6.07, 6.45) is 3.27. The number of nitrogens with one attached hydrogen (secondary N) is 1. The highest BCUT2D eigenvalue weighted by Crippen LogP contribution is 2.39. The summed E-state index contributed by atoms with van der Waals surface area (Å²) in [5.74, 6) is -2.32. The van der Waals surface area contributed by atoms with Crippen LogP contribution in [-0.2, 0) is 0 Å². The molecular formula is C21H21F3N4O2. The minimum Gasteiger partial charge on any atom is -0.392 e. The number of amides is 1. The second-order valence-corrected chi connectivity index (χ2v) is 7.44. The molecule has 2 aromatic heterocycles. The molecule has 3 aromatic rings. The molecule has 4 rings (SSSR count). The first-order valence-corrected chi connectivity index (χ1v) is 9.70. The van der Waals surface area contributed by atoms with E-state index in [-0.39, 0.29) is 28.9 Å². The molecule has 1 aromatic carbocycles. The molecular weight excluding hydrogens is 397 g/mol. The van der Waals surface area contributed by atoms with E-state index in [1.165, 1.54) is 29.9 Å². The van der Waals surface area contributed by atoms with Crippen molar-refractivity contribution in [2.24, 2.45) is 0 Å². The van der Waals surface area contributed by atoms with Gasteiger partial charge in [0.05, 0.1) is 29.6 Å². The number of aliphatic hydroxyl groups is 1. The van der Waals surface area contributed by atoms with E-state index >= 15 is 4.39 Å². The summed E-state index contributed by atoms with van der Waals surface area (Å²) in [4.78, 5) is 14.1. The van der Waals surface area contributed by atoms with Gasteiger partial charge >= 0.3 is 0 Å². The number of fused-ring (bicyclic) bond motifs is 1. The summed E-state index contributed by atoms with van der Waals surface area (Å²) in [5, 5.41) is 15.9. The zero-order chi connectivity index (χ0) is 21.4. The van der Waals surface area contributed by atoms with E-state index in [1.54, 1.807) is 4.90 Å². The molecule has 6 nitrogen and oxygen atoms in total. The molecule has 9 heteroatoms. The van der Waals surface area contributed by atoms with Crippen LogP contribution in [-0.4, -0.2) is 39.8 Å². The second-order valence-electron chi connectivity index (χ2n) is 7.44. The van der Waals surface area contributed by atoms with Crippen LogP contribution < -0.4 is 10.2 Å². The minimum absolute atomic E-state index is 0.0130. The minimum atomic E-state index is -0.747. The molecule has 2 atom stereocenters.